The number of amides is 1. The lowest BCUT2D eigenvalue weighted by molar-refractivity contribution is -0.137. The number of likely N-dealkylation sites (tertiary alicyclic amines) is 1. The standard InChI is InChI=1S/C26H29N3O3S/c30-26(29-16-6-11-25(29)19-7-2-1-3-8-19)20-12-14-22(15-13-20)28-33(31,32)23-17-21-9-4-5-10-24(21)27-18-23/h1-5,7-10,17-18,20,22,25,28H,6,11-16H2/t20-,22-,25?. The number of nitrogens with zero attached hydrogens (tertiary/aromatic N) is 2. The molecule has 1 saturated heterocycles. The fourth-order valence-electron chi connectivity index (χ4n) is 5.23. The maximum Gasteiger partial charge on any atom is 0.242 e. The van der Waals surface area contributed by atoms with E-state index in [2.05, 4.69) is 21.8 Å². The van der Waals surface area contributed by atoms with E-state index in [0.29, 0.717) is 25.7 Å². The van der Waals surface area contributed by atoms with Crippen LogP contribution >= 0.6 is 0 Å². The normalized spacial score (nSPS) is 23.6. The van der Waals surface area contributed by atoms with E-state index in [0.717, 1.165) is 30.3 Å². The van der Waals surface area contributed by atoms with Crippen molar-refractivity contribution in [3.8, 4) is 0 Å². The Labute approximate surface area is 195 Å². The van der Waals surface area contributed by atoms with Crippen LogP contribution in [0.2, 0.25) is 0 Å². The van der Waals surface area contributed by atoms with E-state index in [1.54, 1.807) is 6.07 Å². The molecule has 2 fully saturated rings. The van der Waals surface area contributed by atoms with Crippen LogP contribution < -0.4 is 4.72 Å². The van der Waals surface area contributed by atoms with Crippen molar-refractivity contribution in [1.82, 2.24) is 14.6 Å². The Kier molecular flexibility index (Phi) is 6.17. The predicted molar refractivity (Wildman–Crippen MR) is 128 cm³/mol. The number of aromatic nitrogens is 1. The fourth-order valence-corrected chi connectivity index (χ4v) is 6.51. The van der Waals surface area contributed by atoms with Gasteiger partial charge in [-0.1, -0.05) is 48.5 Å². The summed E-state index contributed by atoms with van der Waals surface area (Å²) < 4.78 is 28.7. The van der Waals surface area contributed by atoms with E-state index in [4.69, 9.17) is 0 Å². The summed E-state index contributed by atoms with van der Waals surface area (Å²) in [5, 5.41) is 0.799. The molecule has 1 unspecified atom stereocenters. The van der Waals surface area contributed by atoms with Crippen LogP contribution in [0, 0.1) is 5.92 Å². The van der Waals surface area contributed by atoms with Gasteiger partial charge >= 0.3 is 0 Å². The summed E-state index contributed by atoms with van der Waals surface area (Å²) in [4.78, 5) is 19.8. The van der Waals surface area contributed by atoms with Crippen molar-refractivity contribution in [2.24, 2.45) is 5.92 Å². The van der Waals surface area contributed by atoms with Crippen LogP contribution in [0.25, 0.3) is 10.9 Å². The molecule has 0 spiro atoms. The van der Waals surface area contributed by atoms with E-state index in [9.17, 15) is 13.2 Å². The van der Waals surface area contributed by atoms with Crippen molar-refractivity contribution in [1.29, 1.82) is 0 Å². The number of carbonyl (C=O) groups is 1. The first-order valence-electron chi connectivity index (χ1n) is 11.7. The van der Waals surface area contributed by atoms with E-state index in [-0.39, 0.29) is 28.8 Å². The smallest absolute Gasteiger partial charge is 0.242 e. The molecule has 1 amide bonds. The van der Waals surface area contributed by atoms with Crippen LogP contribution in [0.15, 0.2) is 71.8 Å². The SMILES string of the molecule is O=C([C@H]1CC[C@H](NS(=O)(=O)c2cnc3ccccc3c2)CC1)N1CCCC1c1ccccc1. The number of pyridine rings is 1. The minimum atomic E-state index is -3.66. The number of hydrogen-bond donors (Lipinski definition) is 1. The molecule has 2 heterocycles. The number of hydrogen-bond acceptors (Lipinski definition) is 4. The van der Waals surface area contributed by atoms with E-state index < -0.39 is 10.0 Å². The Bertz CT molecular complexity index is 1240. The van der Waals surface area contributed by atoms with Gasteiger partial charge < -0.3 is 4.90 Å². The molecule has 6 nitrogen and oxygen atoms in total. The Hall–Kier alpha value is -2.77. The number of para-hydroxylation sites is 1. The lowest BCUT2D eigenvalue weighted by Gasteiger charge is -2.33. The predicted octanol–water partition coefficient (Wildman–Crippen LogP) is 4.44. The van der Waals surface area contributed by atoms with Gasteiger partial charge in [-0.15, -0.1) is 0 Å². The van der Waals surface area contributed by atoms with Crippen LogP contribution in [0.1, 0.15) is 50.1 Å². The molecule has 1 aromatic heterocycles. The number of fused-ring (bicyclic) bond motifs is 1. The van der Waals surface area contributed by atoms with Crippen molar-refractivity contribution in [2.75, 3.05) is 6.54 Å². The lowest BCUT2D eigenvalue weighted by atomic mass is 9.85. The topological polar surface area (TPSA) is 79.4 Å². The summed E-state index contributed by atoms with van der Waals surface area (Å²) in [7, 11) is -3.66. The van der Waals surface area contributed by atoms with Crippen LogP contribution in [0.5, 0.6) is 0 Å². The Balaban J connectivity index is 1.21. The van der Waals surface area contributed by atoms with Crippen molar-refractivity contribution < 1.29 is 13.2 Å². The maximum absolute atomic E-state index is 13.3. The zero-order valence-electron chi connectivity index (χ0n) is 18.6. The third kappa shape index (κ3) is 4.66. The molecule has 172 valence electrons. The van der Waals surface area contributed by atoms with Gasteiger partial charge in [-0.2, -0.15) is 0 Å². The van der Waals surface area contributed by atoms with Crippen molar-refractivity contribution >= 4 is 26.8 Å². The summed E-state index contributed by atoms with van der Waals surface area (Å²) in [6, 6.07) is 19.4. The van der Waals surface area contributed by atoms with E-state index >= 15 is 0 Å². The van der Waals surface area contributed by atoms with Gasteiger partial charge in [0.15, 0.2) is 0 Å². The highest BCUT2D eigenvalue weighted by Crippen LogP contribution is 2.36. The molecule has 0 radical (unpaired) electrons. The van der Waals surface area contributed by atoms with Crippen molar-refractivity contribution in [3.63, 3.8) is 0 Å². The Morgan fingerprint density at radius 2 is 1.67 bits per heavy atom. The molecule has 1 aliphatic heterocycles. The lowest BCUT2D eigenvalue weighted by Crippen LogP contribution is -2.42. The van der Waals surface area contributed by atoms with Crippen LogP contribution in [0.3, 0.4) is 0 Å². The maximum atomic E-state index is 13.3. The molecule has 1 atom stereocenters. The zero-order valence-corrected chi connectivity index (χ0v) is 19.4. The van der Waals surface area contributed by atoms with Crippen LogP contribution in [0.4, 0.5) is 0 Å². The molecule has 5 rings (SSSR count). The number of rotatable bonds is 5. The Morgan fingerprint density at radius 1 is 0.939 bits per heavy atom. The molecule has 2 aromatic carbocycles. The second kappa shape index (κ2) is 9.23. The average molecular weight is 464 g/mol. The zero-order chi connectivity index (χ0) is 22.8. The summed E-state index contributed by atoms with van der Waals surface area (Å²) in [5.41, 5.74) is 1.97. The molecule has 7 heteroatoms. The van der Waals surface area contributed by atoms with Crippen molar-refractivity contribution in [2.45, 2.75) is 55.5 Å². The molecule has 1 aliphatic carbocycles. The summed E-state index contributed by atoms with van der Waals surface area (Å²) in [6.45, 7) is 0.805. The summed E-state index contributed by atoms with van der Waals surface area (Å²) in [5.74, 6) is 0.193. The molecular weight excluding hydrogens is 434 g/mol. The van der Waals surface area contributed by atoms with Gasteiger partial charge in [-0.25, -0.2) is 13.1 Å². The van der Waals surface area contributed by atoms with Gasteiger partial charge in [0, 0.05) is 30.1 Å². The van der Waals surface area contributed by atoms with Gasteiger partial charge in [0.05, 0.1) is 11.6 Å². The van der Waals surface area contributed by atoms with Crippen molar-refractivity contribution in [3.05, 3.63) is 72.4 Å². The molecule has 0 bridgehead atoms. The minimum Gasteiger partial charge on any atom is -0.335 e. The Morgan fingerprint density at radius 3 is 2.45 bits per heavy atom. The average Bonchev–Trinajstić information content (AvgIpc) is 3.34. The highest BCUT2D eigenvalue weighted by molar-refractivity contribution is 7.89. The number of carbonyl (C=O) groups excluding carboxylic acids is 1. The highest BCUT2D eigenvalue weighted by Gasteiger charge is 2.36. The van der Waals surface area contributed by atoms with Crippen LogP contribution in [-0.4, -0.2) is 36.8 Å². The first kappa shape index (κ1) is 22.0. The molecule has 2 aliphatic rings. The van der Waals surface area contributed by atoms with Gasteiger partial charge in [0.25, 0.3) is 0 Å². The second-order valence-corrected chi connectivity index (χ2v) is 10.8. The monoisotopic (exact) mass is 463 g/mol. The first-order chi connectivity index (χ1) is 16.0. The third-order valence-electron chi connectivity index (χ3n) is 6.99. The van der Waals surface area contributed by atoms with Gasteiger partial charge in [-0.3, -0.25) is 9.78 Å². The molecule has 1 saturated carbocycles. The number of sulfonamides is 1. The number of nitrogens with one attached hydrogen (secondary N) is 1. The van der Waals surface area contributed by atoms with Crippen LogP contribution in [-0.2, 0) is 14.8 Å². The van der Waals surface area contributed by atoms with Gasteiger partial charge in [0.2, 0.25) is 15.9 Å². The largest absolute Gasteiger partial charge is 0.335 e. The fraction of sp³-hybridized carbons (Fsp3) is 0.385. The number of benzene rings is 2. The highest BCUT2D eigenvalue weighted by atomic mass is 32.2. The molecule has 33 heavy (non-hydrogen) atoms. The summed E-state index contributed by atoms with van der Waals surface area (Å²) >= 11 is 0. The molecular formula is C26H29N3O3S. The quantitative estimate of drug-likeness (QED) is 0.607. The first-order valence-corrected chi connectivity index (χ1v) is 13.2. The third-order valence-corrected chi connectivity index (χ3v) is 8.48. The van der Waals surface area contributed by atoms with Gasteiger partial charge in [-0.05, 0) is 56.2 Å². The van der Waals surface area contributed by atoms with E-state index in [1.807, 2.05) is 47.4 Å². The van der Waals surface area contributed by atoms with E-state index in [1.165, 1.54) is 11.8 Å². The van der Waals surface area contributed by atoms with Gasteiger partial charge in [0.1, 0.15) is 4.90 Å². The molecule has 3 aromatic rings. The minimum absolute atomic E-state index is 0.0302. The summed E-state index contributed by atoms with van der Waals surface area (Å²) in [6.07, 6.45) is 6.20. The molecule has 1 N–H and O–H groups in total. The second-order valence-electron chi connectivity index (χ2n) is 9.13.